The van der Waals surface area contributed by atoms with Crippen LogP contribution >= 0.6 is 0 Å². The Kier molecular flexibility index (Phi) is 3.66. The molecule has 0 saturated heterocycles. The molecule has 1 aliphatic carbocycles. The minimum Gasteiger partial charge on any atom is -0.329 e. The Morgan fingerprint density at radius 2 is 2.00 bits per heavy atom. The zero-order chi connectivity index (χ0) is 14.7. The molecular weight excluding hydrogens is 268 g/mol. The second-order valence-electron chi connectivity index (χ2n) is 5.45. The van der Waals surface area contributed by atoms with E-state index in [4.69, 9.17) is 5.73 Å². The first kappa shape index (κ1) is 13.7. The molecule has 0 aliphatic heterocycles. The van der Waals surface area contributed by atoms with Crippen LogP contribution in [0.3, 0.4) is 0 Å². The van der Waals surface area contributed by atoms with Crippen molar-refractivity contribution in [3.63, 3.8) is 0 Å². The van der Waals surface area contributed by atoms with Crippen LogP contribution in [0.25, 0.3) is 5.69 Å². The summed E-state index contributed by atoms with van der Waals surface area (Å²) in [6.07, 6.45) is 5.41. The smallest absolute Gasteiger partial charge is 0.231 e. The molecule has 3 N–H and O–H groups in total. The summed E-state index contributed by atoms with van der Waals surface area (Å²) >= 11 is 0. The Hall–Kier alpha value is -2.28. The summed E-state index contributed by atoms with van der Waals surface area (Å²) in [4.78, 5) is 12.5. The fourth-order valence-electron chi connectivity index (χ4n) is 2.82. The topological polar surface area (TPSA) is 98.7 Å². The average molecular weight is 286 g/mol. The number of carbonyl (C=O) groups excluding carboxylic acids is 1. The highest BCUT2D eigenvalue weighted by Crippen LogP contribution is 2.38. The van der Waals surface area contributed by atoms with Gasteiger partial charge in [-0.15, -0.1) is 5.10 Å². The quantitative estimate of drug-likeness (QED) is 0.877. The van der Waals surface area contributed by atoms with Crippen LogP contribution in [0.15, 0.2) is 30.6 Å². The number of benzene rings is 1. The first-order chi connectivity index (χ1) is 10.2. The van der Waals surface area contributed by atoms with E-state index in [2.05, 4.69) is 20.8 Å². The Morgan fingerprint density at radius 1 is 1.29 bits per heavy atom. The molecule has 0 atom stereocenters. The molecule has 1 fully saturated rings. The Labute approximate surface area is 122 Å². The normalized spacial score (nSPS) is 16.8. The highest BCUT2D eigenvalue weighted by atomic mass is 16.2. The molecule has 110 valence electrons. The van der Waals surface area contributed by atoms with Crippen molar-refractivity contribution in [1.82, 2.24) is 20.2 Å². The van der Waals surface area contributed by atoms with E-state index >= 15 is 0 Å². The van der Waals surface area contributed by atoms with Gasteiger partial charge in [-0.3, -0.25) is 4.79 Å². The Balaban J connectivity index is 1.72. The van der Waals surface area contributed by atoms with Crippen LogP contribution in [0.1, 0.15) is 25.7 Å². The molecule has 1 aliphatic rings. The van der Waals surface area contributed by atoms with Crippen molar-refractivity contribution >= 4 is 11.6 Å². The molecule has 1 aromatic carbocycles. The van der Waals surface area contributed by atoms with Crippen molar-refractivity contribution in [3.05, 3.63) is 30.6 Å². The van der Waals surface area contributed by atoms with E-state index in [1.807, 2.05) is 24.3 Å². The van der Waals surface area contributed by atoms with E-state index in [9.17, 15) is 4.79 Å². The molecule has 1 aromatic heterocycles. The van der Waals surface area contributed by atoms with Gasteiger partial charge in [-0.05, 0) is 47.5 Å². The predicted molar refractivity (Wildman–Crippen MR) is 77.7 cm³/mol. The number of carbonyl (C=O) groups is 1. The maximum absolute atomic E-state index is 12.5. The van der Waals surface area contributed by atoms with Gasteiger partial charge in [0.15, 0.2) is 0 Å². The Morgan fingerprint density at radius 3 is 2.57 bits per heavy atom. The fourth-order valence-corrected chi connectivity index (χ4v) is 2.82. The molecule has 0 spiro atoms. The standard InChI is InChI=1S/C14H18N6O/c15-9-14(7-1-2-8-14)13(21)17-11-3-5-12(6-4-11)20-10-16-18-19-20/h3-6,10H,1-2,7-9,15H2,(H,17,21). The molecule has 0 radical (unpaired) electrons. The zero-order valence-corrected chi connectivity index (χ0v) is 11.7. The molecule has 3 rings (SSSR count). The van der Waals surface area contributed by atoms with Crippen molar-refractivity contribution in [3.8, 4) is 5.69 Å². The summed E-state index contributed by atoms with van der Waals surface area (Å²) < 4.78 is 1.56. The predicted octanol–water partition coefficient (Wildman–Crippen LogP) is 1.12. The number of amides is 1. The fraction of sp³-hybridized carbons (Fsp3) is 0.429. The summed E-state index contributed by atoms with van der Waals surface area (Å²) in [5.41, 5.74) is 7.03. The third-order valence-corrected chi connectivity index (χ3v) is 4.17. The second-order valence-corrected chi connectivity index (χ2v) is 5.45. The van der Waals surface area contributed by atoms with Crippen LogP contribution < -0.4 is 11.1 Å². The third-order valence-electron chi connectivity index (χ3n) is 4.17. The van der Waals surface area contributed by atoms with Crippen LogP contribution in [0, 0.1) is 5.41 Å². The lowest BCUT2D eigenvalue weighted by Crippen LogP contribution is -2.40. The van der Waals surface area contributed by atoms with Gasteiger partial charge in [0.05, 0.1) is 11.1 Å². The minimum atomic E-state index is -0.394. The van der Waals surface area contributed by atoms with E-state index < -0.39 is 5.41 Å². The number of rotatable bonds is 4. The van der Waals surface area contributed by atoms with Crippen LogP contribution in [-0.4, -0.2) is 32.7 Å². The summed E-state index contributed by atoms with van der Waals surface area (Å²) in [5.74, 6) is 0.0256. The van der Waals surface area contributed by atoms with Gasteiger partial charge in [-0.25, -0.2) is 4.68 Å². The summed E-state index contributed by atoms with van der Waals surface area (Å²) in [7, 11) is 0. The van der Waals surface area contributed by atoms with Gasteiger partial charge in [0.25, 0.3) is 0 Å². The molecule has 0 unspecified atom stereocenters. The number of hydrogen-bond acceptors (Lipinski definition) is 5. The monoisotopic (exact) mass is 286 g/mol. The highest BCUT2D eigenvalue weighted by Gasteiger charge is 2.39. The summed E-state index contributed by atoms with van der Waals surface area (Å²) in [5, 5.41) is 14.0. The van der Waals surface area contributed by atoms with E-state index in [0.717, 1.165) is 37.1 Å². The van der Waals surface area contributed by atoms with Crippen molar-refractivity contribution in [2.24, 2.45) is 11.1 Å². The lowest BCUT2D eigenvalue weighted by molar-refractivity contribution is -0.124. The van der Waals surface area contributed by atoms with Crippen LogP contribution in [0.4, 0.5) is 5.69 Å². The summed E-state index contributed by atoms with van der Waals surface area (Å²) in [6.45, 7) is 0.404. The van der Waals surface area contributed by atoms with E-state index in [-0.39, 0.29) is 5.91 Å². The van der Waals surface area contributed by atoms with Crippen molar-refractivity contribution in [2.75, 3.05) is 11.9 Å². The number of anilines is 1. The molecular formula is C14H18N6O. The second kappa shape index (κ2) is 5.61. The molecule has 1 heterocycles. The molecule has 1 amide bonds. The van der Waals surface area contributed by atoms with Gasteiger partial charge in [0.1, 0.15) is 6.33 Å². The first-order valence-electron chi connectivity index (χ1n) is 7.08. The largest absolute Gasteiger partial charge is 0.329 e. The van der Waals surface area contributed by atoms with E-state index in [0.29, 0.717) is 6.54 Å². The SMILES string of the molecule is NCC1(C(=O)Nc2ccc(-n3cnnn3)cc2)CCCC1. The van der Waals surface area contributed by atoms with Gasteiger partial charge < -0.3 is 11.1 Å². The number of hydrogen-bond donors (Lipinski definition) is 2. The number of nitrogens with two attached hydrogens (primary N) is 1. The molecule has 7 heteroatoms. The van der Waals surface area contributed by atoms with Crippen LogP contribution in [-0.2, 0) is 4.79 Å². The molecule has 7 nitrogen and oxygen atoms in total. The first-order valence-corrected chi connectivity index (χ1v) is 7.08. The van der Waals surface area contributed by atoms with Crippen molar-refractivity contribution in [1.29, 1.82) is 0 Å². The lowest BCUT2D eigenvalue weighted by atomic mass is 9.85. The molecule has 21 heavy (non-hydrogen) atoms. The Bertz CT molecular complexity index is 601. The van der Waals surface area contributed by atoms with Gasteiger partial charge in [0, 0.05) is 12.2 Å². The van der Waals surface area contributed by atoms with Crippen molar-refractivity contribution in [2.45, 2.75) is 25.7 Å². The van der Waals surface area contributed by atoms with Crippen molar-refractivity contribution < 1.29 is 4.79 Å². The number of nitrogens with one attached hydrogen (secondary N) is 1. The highest BCUT2D eigenvalue weighted by molar-refractivity contribution is 5.95. The number of tetrazole rings is 1. The van der Waals surface area contributed by atoms with Crippen LogP contribution in [0.2, 0.25) is 0 Å². The van der Waals surface area contributed by atoms with Gasteiger partial charge in [0.2, 0.25) is 5.91 Å². The number of nitrogens with zero attached hydrogens (tertiary/aromatic N) is 4. The molecule has 0 bridgehead atoms. The zero-order valence-electron chi connectivity index (χ0n) is 11.7. The lowest BCUT2D eigenvalue weighted by Gasteiger charge is -2.25. The summed E-state index contributed by atoms with van der Waals surface area (Å²) in [6, 6.07) is 7.40. The minimum absolute atomic E-state index is 0.0256. The maximum Gasteiger partial charge on any atom is 0.231 e. The van der Waals surface area contributed by atoms with Crippen LogP contribution in [0.5, 0.6) is 0 Å². The van der Waals surface area contributed by atoms with E-state index in [1.165, 1.54) is 6.33 Å². The van der Waals surface area contributed by atoms with Gasteiger partial charge in [-0.2, -0.15) is 0 Å². The maximum atomic E-state index is 12.5. The van der Waals surface area contributed by atoms with Gasteiger partial charge in [-0.1, -0.05) is 12.8 Å². The average Bonchev–Trinajstić information content (AvgIpc) is 3.20. The molecule has 2 aromatic rings. The number of aromatic nitrogens is 4. The molecule has 1 saturated carbocycles. The third kappa shape index (κ3) is 2.64. The van der Waals surface area contributed by atoms with E-state index in [1.54, 1.807) is 4.68 Å². The van der Waals surface area contributed by atoms with Gasteiger partial charge >= 0.3 is 0 Å².